The molecule has 1 heterocycles. The number of urea groups is 1. The topological polar surface area (TPSA) is 97.0 Å². The fourth-order valence-corrected chi connectivity index (χ4v) is 3.36. The van der Waals surface area contributed by atoms with Crippen LogP contribution in [0, 0.1) is 5.92 Å². The van der Waals surface area contributed by atoms with Crippen LogP contribution in [-0.4, -0.2) is 56.2 Å². The minimum atomic E-state index is -0.442. The van der Waals surface area contributed by atoms with Crippen molar-refractivity contribution in [3.8, 4) is 5.75 Å². The smallest absolute Gasteiger partial charge is 0.325 e. The molecule has 0 saturated carbocycles. The fraction of sp³-hybridized carbons (Fsp3) is 0.571. The third-order valence-corrected chi connectivity index (χ3v) is 4.90. The Bertz CT molecular complexity index is 695. The molecule has 8 heteroatoms. The number of likely N-dealkylation sites (tertiary alicyclic amines) is 1. The van der Waals surface area contributed by atoms with Gasteiger partial charge in [-0.05, 0) is 49.8 Å². The molecule has 1 aromatic rings. The van der Waals surface area contributed by atoms with E-state index < -0.39 is 5.97 Å². The Kier molecular flexibility index (Phi) is 9.27. The first-order chi connectivity index (χ1) is 14.0. The Balaban J connectivity index is 1.69. The molecule has 1 aromatic carbocycles. The molecule has 0 radical (unpaired) electrons. The minimum Gasteiger partial charge on any atom is -0.497 e. The number of rotatable bonds is 9. The molecule has 3 amide bonds. The van der Waals surface area contributed by atoms with Crippen molar-refractivity contribution in [3.05, 3.63) is 29.8 Å². The fourth-order valence-electron chi connectivity index (χ4n) is 3.36. The van der Waals surface area contributed by atoms with Crippen molar-refractivity contribution in [2.75, 3.05) is 33.4 Å². The van der Waals surface area contributed by atoms with E-state index in [0.717, 1.165) is 30.6 Å². The number of nitrogens with zero attached hydrogens (tertiary/aromatic N) is 1. The number of methoxy groups -OCH3 is 1. The van der Waals surface area contributed by atoms with Crippen molar-refractivity contribution in [3.63, 3.8) is 0 Å². The van der Waals surface area contributed by atoms with E-state index in [4.69, 9.17) is 9.47 Å². The highest BCUT2D eigenvalue weighted by atomic mass is 16.5. The van der Waals surface area contributed by atoms with Crippen molar-refractivity contribution in [2.24, 2.45) is 5.92 Å². The highest BCUT2D eigenvalue weighted by Crippen LogP contribution is 2.21. The molecule has 2 N–H and O–H groups in total. The van der Waals surface area contributed by atoms with Crippen molar-refractivity contribution in [2.45, 2.75) is 39.2 Å². The Hall–Kier alpha value is -2.77. The number of hydrogen-bond acceptors (Lipinski definition) is 5. The Labute approximate surface area is 171 Å². The number of piperidine rings is 1. The lowest BCUT2D eigenvalue weighted by Crippen LogP contribution is -2.47. The van der Waals surface area contributed by atoms with Gasteiger partial charge in [0.2, 0.25) is 5.91 Å². The predicted molar refractivity (Wildman–Crippen MR) is 108 cm³/mol. The zero-order valence-corrected chi connectivity index (χ0v) is 17.2. The number of nitrogens with one attached hydrogen (secondary N) is 2. The number of carbonyl (C=O) groups excluding carboxylic acids is 3. The normalized spacial score (nSPS) is 16.1. The summed E-state index contributed by atoms with van der Waals surface area (Å²) in [6, 6.07) is 7.34. The third-order valence-electron chi connectivity index (χ3n) is 4.90. The molecule has 1 saturated heterocycles. The van der Waals surface area contributed by atoms with Gasteiger partial charge in [0, 0.05) is 26.1 Å². The Morgan fingerprint density at radius 1 is 1.24 bits per heavy atom. The van der Waals surface area contributed by atoms with Gasteiger partial charge >= 0.3 is 12.0 Å². The first kappa shape index (κ1) is 22.5. The number of amides is 3. The van der Waals surface area contributed by atoms with Crippen LogP contribution < -0.4 is 15.4 Å². The predicted octanol–water partition coefficient (Wildman–Crippen LogP) is 2.08. The number of hydrogen-bond donors (Lipinski definition) is 2. The van der Waals surface area contributed by atoms with Crippen LogP contribution >= 0.6 is 0 Å². The monoisotopic (exact) mass is 405 g/mol. The molecule has 160 valence electrons. The number of ether oxygens (including phenoxy) is 2. The summed E-state index contributed by atoms with van der Waals surface area (Å²) < 4.78 is 9.99. The van der Waals surface area contributed by atoms with Gasteiger partial charge in [-0.1, -0.05) is 12.1 Å². The van der Waals surface area contributed by atoms with Gasteiger partial charge in [0.25, 0.3) is 0 Å². The summed E-state index contributed by atoms with van der Waals surface area (Å²) in [6.45, 7) is 3.61. The van der Waals surface area contributed by atoms with E-state index >= 15 is 0 Å². The molecule has 1 atom stereocenters. The maximum Gasteiger partial charge on any atom is 0.325 e. The van der Waals surface area contributed by atoms with E-state index in [1.54, 1.807) is 18.9 Å². The maximum absolute atomic E-state index is 12.2. The third kappa shape index (κ3) is 8.01. The molecule has 0 bridgehead atoms. The van der Waals surface area contributed by atoms with E-state index in [-0.39, 0.29) is 24.4 Å². The SMILES string of the molecule is CCOC(=O)CNC(=O)N1CCC[C@@H](CCC(=O)NCc2cccc(OC)c2)C1. The second kappa shape index (κ2) is 11.9. The zero-order valence-electron chi connectivity index (χ0n) is 17.2. The second-order valence-corrected chi connectivity index (χ2v) is 7.08. The van der Waals surface area contributed by atoms with Gasteiger partial charge in [-0.15, -0.1) is 0 Å². The lowest BCUT2D eigenvalue weighted by atomic mass is 9.93. The molecule has 0 aromatic heterocycles. The van der Waals surface area contributed by atoms with E-state index in [1.807, 2.05) is 24.3 Å². The Morgan fingerprint density at radius 3 is 2.83 bits per heavy atom. The minimum absolute atomic E-state index is 0.00305. The average molecular weight is 405 g/mol. The molecular weight excluding hydrogens is 374 g/mol. The van der Waals surface area contributed by atoms with Crippen LogP contribution in [0.2, 0.25) is 0 Å². The van der Waals surface area contributed by atoms with Crippen LogP contribution in [0.1, 0.15) is 38.2 Å². The van der Waals surface area contributed by atoms with Crippen LogP contribution in [0.25, 0.3) is 0 Å². The first-order valence-electron chi connectivity index (χ1n) is 10.1. The van der Waals surface area contributed by atoms with E-state index in [1.165, 1.54) is 0 Å². The van der Waals surface area contributed by atoms with Crippen LogP contribution in [0.5, 0.6) is 5.75 Å². The van der Waals surface area contributed by atoms with Gasteiger partial charge < -0.3 is 25.0 Å². The first-order valence-corrected chi connectivity index (χ1v) is 10.1. The van der Waals surface area contributed by atoms with Crippen molar-refractivity contribution >= 4 is 17.9 Å². The van der Waals surface area contributed by atoms with Gasteiger partial charge in [0.1, 0.15) is 12.3 Å². The lowest BCUT2D eigenvalue weighted by Gasteiger charge is -2.32. The van der Waals surface area contributed by atoms with Crippen LogP contribution in [-0.2, 0) is 20.9 Å². The summed E-state index contributed by atoms with van der Waals surface area (Å²) in [4.78, 5) is 37.5. The quantitative estimate of drug-likeness (QED) is 0.613. The van der Waals surface area contributed by atoms with Gasteiger partial charge in [0.15, 0.2) is 0 Å². The van der Waals surface area contributed by atoms with Crippen molar-refractivity contribution in [1.29, 1.82) is 0 Å². The standard InChI is InChI=1S/C21H31N3O5/c1-3-29-20(26)14-23-21(27)24-11-5-7-16(15-24)9-10-19(25)22-13-17-6-4-8-18(12-17)28-2/h4,6,8,12,16H,3,5,7,9-11,13-15H2,1-2H3,(H,22,25)(H,23,27)/t16-/m0/s1. The molecule has 1 fully saturated rings. The van der Waals surface area contributed by atoms with Gasteiger partial charge in [-0.2, -0.15) is 0 Å². The molecule has 8 nitrogen and oxygen atoms in total. The molecule has 1 aliphatic heterocycles. The van der Waals surface area contributed by atoms with E-state index in [9.17, 15) is 14.4 Å². The van der Waals surface area contributed by atoms with Crippen molar-refractivity contribution in [1.82, 2.24) is 15.5 Å². The summed E-state index contributed by atoms with van der Waals surface area (Å²) in [6.07, 6.45) is 3.03. The molecule has 1 aliphatic rings. The molecule has 2 rings (SSSR count). The summed E-state index contributed by atoms with van der Waals surface area (Å²) >= 11 is 0. The van der Waals surface area contributed by atoms with Gasteiger partial charge in [-0.3, -0.25) is 9.59 Å². The van der Waals surface area contributed by atoms with E-state index in [0.29, 0.717) is 32.7 Å². The molecule has 0 spiro atoms. The summed E-state index contributed by atoms with van der Waals surface area (Å²) in [7, 11) is 1.61. The maximum atomic E-state index is 12.2. The highest BCUT2D eigenvalue weighted by Gasteiger charge is 2.24. The number of esters is 1. The molecule has 0 unspecified atom stereocenters. The van der Waals surface area contributed by atoms with Gasteiger partial charge in [0.05, 0.1) is 13.7 Å². The molecule has 29 heavy (non-hydrogen) atoms. The zero-order chi connectivity index (χ0) is 21.1. The van der Waals surface area contributed by atoms with Crippen LogP contribution in [0.4, 0.5) is 4.79 Å². The lowest BCUT2D eigenvalue weighted by molar-refractivity contribution is -0.141. The highest BCUT2D eigenvalue weighted by molar-refractivity contribution is 5.81. The summed E-state index contributed by atoms with van der Waals surface area (Å²) in [5, 5.41) is 5.52. The average Bonchev–Trinajstić information content (AvgIpc) is 2.75. The van der Waals surface area contributed by atoms with E-state index in [2.05, 4.69) is 10.6 Å². The van der Waals surface area contributed by atoms with Gasteiger partial charge in [-0.25, -0.2) is 4.79 Å². The summed E-state index contributed by atoms with van der Waals surface area (Å²) in [5.74, 6) is 0.596. The second-order valence-electron chi connectivity index (χ2n) is 7.08. The van der Waals surface area contributed by atoms with Crippen LogP contribution in [0.15, 0.2) is 24.3 Å². The largest absolute Gasteiger partial charge is 0.497 e. The number of carbonyl (C=O) groups is 3. The number of benzene rings is 1. The van der Waals surface area contributed by atoms with Crippen LogP contribution in [0.3, 0.4) is 0 Å². The Morgan fingerprint density at radius 2 is 2.07 bits per heavy atom. The summed E-state index contributed by atoms with van der Waals surface area (Å²) in [5.41, 5.74) is 0.986. The molecular formula is C21H31N3O5. The molecule has 0 aliphatic carbocycles. The van der Waals surface area contributed by atoms with Crippen molar-refractivity contribution < 1.29 is 23.9 Å².